The molecule has 2 aromatic carbocycles. The summed E-state index contributed by atoms with van der Waals surface area (Å²) in [6, 6.07) is 18.4. The van der Waals surface area contributed by atoms with E-state index in [0.29, 0.717) is 0 Å². The minimum absolute atomic E-state index is 0.0992. The van der Waals surface area contributed by atoms with Gasteiger partial charge in [0.2, 0.25) is 5.91 Å². The van der Waals surface area contributed by atoms with Crippen molar-refractivity contribution >= 4 is 16.8 Å². The van der Waals surface area contributed by atoms with Gasteiger partial charge in [-0.05, 0) is 24.4 Å². The summed E-state index contributed by atoms with van der Waals surface area (Å²) in [4.78, 5) is 16.1. The van der Waals surface area contributed by atoms with Crippen LogP contribution in [0, 0.1) is 0 Å². The van der Waals surface area contributed by atoms with Gasteiger partial charge in [-0.3, -0.25) is 4.79 Å². The Bertz CT molecular complexity index is 1080. The lowest BCUT2D eigenvalue weighted by Crippen LogP contribution is -2.18. The molecule has 5 heteroatoms. The number of carbonyl (C=O) groups is 1. The average molecular weight is 344 g/mol. The third-order valence-electron chi connectivity index (χ3n) is 4.60. The molecule has 0 radical (unpaired) electrons. The van der Waals surface area contributed by atoms with Crippen LogP contribution in [0.1, 0.15) is 6.92 Å². The van der Waals surface area contributed by atoms with Gasteiger partial charge in [-0.2, -0.15) is 0 Å². The molecule has 0 spiro atoms. The second-order valence-corrected chi connectivity index (χ2v) is 6.28. The lowest BCUT2D eigenvalue weighted by Gasteiger charge is -2.10. The molecule has 0 saturated heterocycles. The van der Waals surface area contributed by atoms with Gasteiger partial charge >= 0.3 is 0 Å². The first-order valence-corrected chi connectivity index (χ1v) is 8.65. The van der Waals surface area contributed by atoms with Crippen LogP contribution in [0.15, 0.2) is 67.1 Å². The number of hydrogen-bond donors (Lipinski definition) is 1. The van der Waals surface area contributed by atoms with E-state index >= 15 is 0 Å². The Labute approximate surface area is 151 Å². The lowest BCUT2D eigenvalue weighted by atomic mass is 10.0. The van der Waals surface area contributed by atoms with Gasteiger partial charge in [-0.15, -0.1) is 0 Å². The molecule has 2 N–H and O–H groups in total. The summed E-state index contributed by atoms with van der Waals surface area (Å²) >= 11 is 0. The molecule has 0 aliphatic heterocycles. The van der Waals surface area contributed by atoms with Crippen LogP contribution in [0.25, 0.3) is 33.4 Å². The SMILES string of the molecule is CCn1ccc2ccc(-c3c(-c4ccccc4)ncn3CC(N)=O)cc21. The number of amides is 1. The Morgan fingerprint density at radius 1 is 1.04 bits per heavy atom. The van der Waals surface area contributed by atoms with Crippen molar-refractivity contribution in [3.05, 3.63) is 67.1 Å². The molecule has 26 heavy (non-hydrogen) atoms. The van der Waals surface area contributed by atoms with Crippen molar-refractivity contribution < 1.29 is 4.79 Å². The Morgan fingerprint density at radius 3 is 2.58 bits per heavy atom. The summed E-state index contributed by atoms with van der Waals surface area (Å²) in [5.41, 5.74) is 10.4. The number of nitrogens with zero attached hydrogens (tertiary/aromatic N) is 3. The fourth-order valence-corrected chi connectivity index (χ4v) is 3.39. The van der Waals surface area contributed by atoms with E-state index in [1.54, 1.807) is 6.33 Å². The topological polar surface area (TPSA) is 65.8 Å². The Kier molecular flexibility index (Phi) is 4.05. The van der Waals surface area contributed by atoms with E-state index in [0.717, 1.165) is 34.6 Å². The molecule has 4 rings (SSSR count). The van der Waals surface area contributed by atoms with Crippen LogP contribution in [0.5, 0.6) is 0 Å². The van der Waals surface area contributed by atoms with Crippen molar-refractivity contribution in [3.63, 3.8) is 0 Å². The number of fused-ring (bicyclic) bond motifs is 1. The van der Waals surface area contributed by atoms with Crippen molar-refractivity contribution in [2.24, 2.45) is 5.73 Å². The summed E-state index contributed by atoms with van der Waals surface area (Å²) in [7, 11) is 0. The minimum atomic E-state index is -0.388. The van der Waals surface area contributed by atoms with Crippen LogP contribution in [0.4, 0.5) is 0 Å². The average Bonchev–Trinajstić information content (AvgIpc) is 3.25. The van der Waals surface area contributed by atoms with E-state index in [1.807, 2.05) is 34.9 Å². The van der Waals surface area contributed by atoms with Gasteiger partial charge in [0.1, 0.15) is 6.54 Å². The second kappa shape index (κ2) is 6.52. The minimum Gasteiger partial charge on any atom is -0.368 e. The maximum Gasteiger partial charge on any atom is 0.237 e. The number of carbonyl (C=O) groups excluding carboxylic acids is 1. The number of nitrogens with two attached hydrogens (primary N) is 1. The highest BCUT2D eigenvalue weighted by atomic mass is 16.1. The van der Waals surface area contributed by atoms with Gasteiger partial charge in [0, 0.05) is 29.4 Å². The van der Waals surface area contributed by atoms with E-state index in [2.05, 4.69) is 46.9 Å². The van der Waals surface area contributed by atoms with Gasteiger partial charge in [0.05, 0.1) is 17.7 Å². The van der Waals surface area contributed by atoms with Crippen LogP contribution in [0.2, 0.25) is 0 Å². The van der Waals surface area contributed by atoms with Crippen LogP contribution < -0.4 is 5.73 Å². The first-order chi connectivity index (χ1) is 12.7. The van der Waals surface area contributed by atoms with Gasteiger partial charge in [0.15, 0.2) is 0 Å². The van der Waals surface area contributed by atoms with E-state index < -0.39 is 0 Å². The number of rotatable bonds is 5. The Morgan fingerprint density at radius 2 is 1.85 bits per heavy atom. The summed E-state index contributed by atoms with van der Waals surface area (Å²) < 4.78 is 4.03. The molecule has 2 heterocycles. The van der Waals surface area contributed by atoms with Crippen molar-refractivity contribution in [1.82, 2.24) is 14.1 Å². The molecule has 0 aliphatic rings. The van der Waals surface area contributed by atoms with Crippen LogP contribution in [-0.4, -0.2) is 20.0 Å². The molecule has 4 aromatic rings. The summed E-state index contributed by atoms with van der Waals surface area (Å²) in [5.74, 6) is -0.388. The highest BCUT2D eigenvalue weighted by molar-refractivity contribution is 5.88. The van der Waals surface area contributed by atoms with Gasteiger partial charge in [-0.1, -0.05) is 42.5 Å². The number of aromatic nitrogens is 3. The third kappa shape index (κ3) is 2.77. The molecule has 0 saturated carbocycles. The van der Waals surface area contributed by atoms with Crippen molar-refractivity contribution in [3.8, 4) is 22.5 Å². The highest BCUT2D eigenvalue weighted by Crippen LogP contribution is 2.33. The summed E-state index contributed by atoms with van der Waals surface area (Å²) in [5, 5.41) is 1.19. The number of benzene rings is 2. The standard InChI is InChI=1S/C21H20N4O/c1-2-24-11-10-15-8-9-17(12-18(15)24)21-20(16-6-4-3-5-7-16)23-14-25(21)13-19(22)26/h3-12,14H,2,13H2,1H3,(H2,22,26). The smallest absolute Gasteiger partial charge is 0.237 e. The monoisotopic (exact) mass is 344 g/mol. The van der Waals surface area contributed by atoms with Crippen LogP contribution in [-0.2, 0) is 17.9 Å². The van der Waals surface area contributed by atoms with E-state index in [9.17, 15) is 4.79 Å². The van der Waals surface area contributed by atoms with E-state index in [1.165, 1.54) is 5.39 Å². The molecule has 0 bridgehead atoms. The predicted molar refractivity (Wildman–Crippen MR) is 103 cm³/mol. The van der Waals surface area contributed by atoms with Gasteiger partial charge in [0.25, 0.3) is 0 Å². The maximum absolute atomic E-state index is 11.5. The molecule has 0 aliphatic carbocycles. The molecular formula is C21H20N4O. The zero-order valence-electron chi connectivity index (χ0n) is 14.6. The summed E-state index contributed by atoms with van der Waals surface area (Å²) in [6.45, 7) is 3.12. The quantitative estimate of drug-likeness (QED) is 0.600. The first-order valence-electron chi connectivity index (χ1n) is 8.65. The number of primary amides is 1. The zero-order chi connectivity index (χ0) is 18.1. The molecular weight excluding hydrogens is 324 g/mol. The summed E-state index contributed by atoms with van der Waals surface area (Å²) in [6.07, 6.45) is 3.78. The van der Waals surface area contributed by atoms with Gasteiger partial charge in [-0.25, -0.2) is 4.98 Å². The fraction of sp³-hybridized carbons (Fsp3) is 0.143. The fourth-order valence-electron chi connectivity index (χ4n) is 3.39. The Balaban J connectivity index is 1.94. The molecule has 0 atom stereocenters. The van der Waals surface area contributed by atoms with Crippen molar-refractivity contribution in [2.75, 3.05) is 0 Å². The normalized spacial score (nSPS) is 11.1. The van der Waals surface area contributed by atoms with E-state index in [4.69, 9.17) is 5.73 Å². The number of aryl methyl sites for hydroxylation is 1. The number of imidazole rings is 1. The highest BCUT2D eigenvalue weighted by Gasteiger charge is 2.17. The van der Waals surface area contributed by atoms with Gasteiger partial charge < -0.3 is 14.9 Å². The molecule has 1 amide bonds. The molecule has 5 nitrogen and oxygen atoms in total. The lowest BCUT2D eigenvalue weighted by molar-refractivity contribution is -0.118. The third-order valence-corrected chi connectivity index (χ3v) is 4.60. The van der Waals surface area contributed by atoms with Crippen molar-refractivity contribution in [1.29, 1.82) is 0 Å². The largest absolute Gasteiger partial charge is 0.368 e. The van der Waals surface area contributed by atoms with Crippen molar-refractivity contribution in [2.45, 2.75) is 20.0 Å². The second-order valence-electron chi connectivity index (χ2n) is 6.28. The maximum atomic E-state index is 11.5. The van der Waals surface area contributed by atoms with E-state index in [-0.39, 0.29) is 12.5 Å². The molecule has 2 aromatic heterocycles. The number of hydrogen-bond acceptors (Lipinski definition) is 2. The molecule has 130 valence electrons. The zero-order valence-corrected chi connectivity index (χ0v) is 14.6. The first kappa shape index (κ1) is 16.1. The molecule has 0 fully saturated rings. The Hall–Kier alpha value is -3.34. The van der Waals surface area contributed by atoms with Crippen LogP contribution in [0.3, 0.4) is 0 Å². The predicted octanol–water partition coefficient (Wildman–Crippen LogP) is 3.68. The van der Waals surface area contributed by atoms with Crippen LogP contribution >= 0.6 is 0 Å². The molecule has 0 unspecified atom stereocenters.